The summed E-state index contributed by atoms with van der Waals surface area (Å²) in [5.74, 6) is 0.461. The first-order valence-electron chi connectivity index (χ1n) is 5.78. The van der Waals surface area contributed by atoms with Crippen LogP contribution in [0.3, 0.4) is 0 Å². The zero-order valence-electron chi connectivity index (χ0n) is 10.5. The van der Waals surface area contributed by atoms with Crippen molar-refractivity contribution in [2.75, 3.05) is 7.11 Å². The standard InChI is InChI=1S/C14H16N2O2/c1-10-3-5-11(6-4-10)7-13(17)12-8-14(18-2)16-9-15-12/h3-6,8-9,13,17H,7H2,1-2H3. The Bertz CT molecular complexity index is 511. The van der Waals surface area contributed by atoms with E-state index in [4.69, 9.17) is 4.74 Å². The van der Waals surface area contributed by atoms with E-state index < -0.39 is 6.10 Å². The molecule has 0 aliphatic rings. The number of ether oxygens (including phenoxy) is 1. The molecule has 4 nitrogen and oxygen atoms in total. The zero-order valence-corrected chi connectivity index (χ0v) is 10.5. The van der Waals surface area contributed by atoms with Gasteiger partial charge in [-0.15, -0.1) is 0 Å². The topological polar surface area (TPSA) is 55.2 Å². The van der Waals surface area contributed by atoms with Gasteiger partial charge in [0.2, 0.25) is 5.88 Å². The van der Waals surface area contributed by atoms with Gasteiger partial charge in [-0.2, -0.15) is 0 Å². The molecule has 0 saturated carbocycles. The third-order valence-corrected chi connectivity index (χ3v) is 2.76. The maximum atomic E-state index is 10.1. The zero-order chi connectivity index (χ0) is 13.0. The highest BCUT2D eigenvalue weighted by Gasteiger charge is 2.11. The highest BCUT2D eigenvalue weighted by Crippen LogP contribution is 2.18. The minimum Gasteiger partial charge on any atom is -0.481 e. The van der Waals surface area contributed by atoms with Crippen LogP contribution in [0.15, 0.2) is 36.7 Å². The van der Waals surface area contributed by atoms with Gasteiger partial charge in [0.25, 0.3) is 0 Å². The summed E-state index contributed by atoms with van der Waals surface area (Å²) in [5.41, 5.74) is 2.85. The summed E-state index contributed by atoms with van der Waals surface area (Å²) >= 11 is 0. The fourth-order valence-electron chi connectivity index (χ4n) is 1.70. The number of aliphatic hydroxyl groups is 1. The molecule has 1 atom stereocenters. The van der Waals surface area contributed by atoms with Crippen molar-refractivity contribution in [1.29, 1.82) is 0 Å². The predicted molar refractivity (Wildman–Crippen MR) is 68.4 cm³/mol. The first-order chi connectivity index (χ1) is 8.69. The van der Waals surface area contributed by atoms with E-state index in [1.807, 2.05) is 31.2 Å². The summed E-state index contributed by atoms with van der Waals surface area (Å²) < 4.78 is 5.01. The van der Waals surface area contributed by atoms with Gasteiger partial charge in [0.15, 0.2) is 0 Å². The van der Waals surface area contributed by atoms with E-state index in [0.29, 0.717) is 18.0 Å². The van der Waals surface area contributed by atoms with Crippen LogP contribution in [0.2, 0.25) is 0 Å². The molecule has 1 aromatic carbocycles. The number of aliphatic hydroxyl groups excluding tert-OH is 1. The van der Waals surface area contributed by atoms with Gasteiger partial charge in [0.1, 0.15) is 12.4 Å². The number of hydrogen-bond donors (Lipinski definition) is 1. The van der Waals surface area contributed by atoms with E-state index in [2.05, 4.69) is 9.97 Å². The van der Waals surface area contributed by atoms with E-state index in [-0.39, 0.29) is 0 Å². The highest BCUT2D eigenvalue weighted by molar-refractivity contribution is 5.24. The first kappa shape index (κ1) is 12.5. The molecule has 18 heavy (non-hydrogen) atoms. The van der Waals surface area contributed by atoms with Crippen LogP contribution in [0.1, 0.15) is 22.9 Å². The van der Waals surface area contributed by atoms with Crippen molar-refractivity contribution in [2.45, 2.75) is 19.4 Å². The van der Waals surface area contributed by atoms with Crippen molar-refractivity contribution in [3.8, 4) is 5.88 Å². The van der Waals surface area contributed by atoms with E-state index in [1.54, 1.807) is 13.2 Å². The van der Waals surface area contributed by atoms with Gasteiger partial charge in [0, 0.05) is 12.5 Å². The van der Waals surface area contributed by atoms with Crippen LogP contribution < -0.4 is 4.74 Å². The van der Waals surface area contributed by atoms with Gasteiger partial charge in [-0.25, -0.2) is 9.97 Å². The Morgan fingerprint density at radius 1 is 1.22 bits per heavy atom. The van der Waals surface area contributed by atoms with E-state index in [0.717, 1.165) is 5.56 Å². The molecule has 0 saturated heterocycles. The largest absolute Gasteiger partial charge is 0.481 e. The molecule has 1 unspecified atom stereocenters. The smallest absolute Gasteiger partial charge is 0.216 e. The third kappa shape index (κ3) is 3.05. The van der Waals surface area contributed by atoms with Gasteiger partial charge in [-0.1, -0.05) is 29.8 Å². The highest BCUT2D eigenvalue weighted by atomic mass is 16.5. The van der Waals surface area contributed by atoms with Crippen LogP contribution in [0.5, 0.6) is 5.88 Å². The number of benzene rings is 1. The minimum absolute atomic E-state index is 0.461. The van der Waals surface area contributed by atoms with E-state index in [9.17, 15) is 5.11 Å². The molecule has 2 aromatic rings. The summed E-state index contributed by atoms with van der Waals surface area (Å²) in [6.45, 7) is 2.04. The lowest BCUT2D eigenvalue weighted by atomic mass is 10.0. The summed E-state index contributed by atoms with van der Waals surface area (Å²) in [6, 6.07) is 9.73. The summed E-state index contributed by atoms with van der Waals surface area (Å²) in [6.07, 6.45) is 1.28. The Morgan fingerprint density at radius 2 is 1.94 bits per heavy atom. The Hall–Kier alpha value is -1.94. The number of hydrogen-bond acceptors (Lipinski definition) is 4. The van der Waals surface area contributed by atoms with E-state index >= 15 is 0 Å². The van der Waals surface area contributed by atoms with Crippen molar-refractivity contribution in [3.63, 3.8) is 0 Å². The maximum Gasteiger partial charge on any atom is 0.216 e. The fraction of sp³-hybridized carbons (Fsp3) is 0.286. The second-order valence-corrected chi connectivity index (χ2v) is 4.19. The molecule has 4 heteroatoms. The molecule has 0 spiro atoms. The van der Waals surface area contributed by atoms with Crippen molar-refractivity contribution in [3.05, 3.63) is 53.5 Å². The molecule has 1 heterocycles. The lowest BCUT2D eigenvalue weighted by Gasteiger charge is -2.10. The van der Waals surface area contributed by atoms with Gasteiger partial charge < -0.3 is 9.84 Å². The monoisotopic (exact) mass is 244 g/mol. The van der Waals surface area contributed by atoms with E-state index in [1.165, 1.54) is 11.9 Å². The molecule has 0 radical (unpaired) electrons. The van der Waals surface area contributed by atoms with Crippen LogP contribution >= 0.6 is 0 Å². The lowest BCUT2D eigenvalue weighted by molar-refractivity contribution is 0.172. The van der Waals surface area contributed by atoms with Crippen LogP contribution in [-0.4, -0.2) is 22.2 Å². The average molecular weight is 244 g/mol. The maximum absolute atomic E-state index is 10.1. The Labute approximate surface area is 106 Å². The second-order valence-electron chi connectivity index (χ2n) is 4.19. The van der Waals surface area contributed by atoms with Gasteiger partial charge in [-0.3, -0.25) is 0 Å². The molecule has 0 aliphatic heterocycles. The Morgan fingerprint density at radius 3 is 2.61 bits per heavy atom. The summed E-state index contributed by atoms with van der Waals surface area (Å²) in [5, 5.41) is 10.1. The molecule has 1 aromatic heterocycles. The van der Waals surface area contributed by atoms with Crippen LogP contribution in [0.25, 0.3) is 0 Å². The van der Waals surface area contributed by atoms with Crippen molar-refractivity contribution >= 4 is 0 Å². The molecule has 94 valence electrons. The fourth-order valence-corrected chi connectivity index (χ4v) is 1.70. The first-order valence-corrected chi connectivity index (χ1v) is 5.78. The molecule has 0 aliphatic carbocycles. The number of aryl methyl sites for hydroxylation is 1. The molecule has 0 bridgehead atoms. The number of rotatable bonds is 4. The molecule has 0 amide bonds. The molecular weight excluding hydrogens is 228 g/mol. The van der Waals surface area contributed by atoms with Crippen LogP contribution in [0.4, 0.5) is 0 Å². The number of nitrogens with zero attached hydrogens (tertiary/aromatic N) is 2. The summed E-state index contributed by atoms with van der Waals surface area (Å²) in [7, 11) is 1.54. The minimum atomic E-state index is -0.649. The molecular formula is C14H16N2O2. The number of methoxy groups -OCH3 is 1. The van der Waals surface area contributed by atoms with Gasteiger partial charge >= 0.3 is 0 Å². The molecule has 1 N–H and O–H groups in total. The summed E-state index contributed by atoms with van der Waals surface area (Å²) in [4.78, 5) is 7.97. The van der Waals surface area contributed by atoms with Crippen molar-refractivity contribution < 1.29 is 9.84 Å². The molecule has 2 rings (SSSR count). The Balaban J connectivity index is 2.11. The normalized spacial score (nSPS) is 12.2. The number of aromatic nitrogens is 2. The van der Waals surface area contributed by atoms with Gasteiger partial charge in [-0.05, 0) is 12.5 Å². The quantitative estimate of drug-likeness (QED) is 0.894. The Kier molecular flexibility index (Phi) is 3.89. The SMILES string of the molecule is COc1cc(C(O)Cc2ccc(C)cc2)ncn1. The van der Waals surface area contributed by atoms with Crippen LogP contribution in [0, 0.1) is 6.92 Å². The third-order valence-electron chi connectivity index (χ3n) is 2.76. The second kappa shape index (κ2) is 5.60. The van der Waals surface area contributed by atoms with Crippen LogP contribution in [-0.2, 0) is 6.42 Å². The van der Waals surface area contributed by atoms with Gasteiger partial charge in [0.05, 0.1) is 12.8 Å². The van der Waals surface area contributed by atoms with Crippen molar-refractivity contribution in [1.82, 2.24) is 9.97 Å². The van der Waals surface area contributed by atoms with Crippen molar-refractivity contribution in [2.24, 2.45) is 0 Å². The lowest BCUT2D eigenvalue weighted by Crippen LogP contribution is -2.05. The predicted octanol–water partition coefficient (Wildman–Crippen LogP) is 2.07. The average Bonchev–Trinajstić information content (AvgIpc) is 2.41. The molecule has 0 fully saturated rings.